The minimum atomic E-state index is -3.68. The van der Waals surface area contributed by atoms with Crippen LogP contribution in [0, 0.1) is 0 Å². The molecule has 0 aliphatic carbocycles. The molecule has 1 atom stereocenters. The highest BCUT2D eigenvalue weighted by Crippen LogP contribution is 2.36. The van der Waals surface area contributed by atoms with Crippen LogP contribution >= 0.6 is 0 Å². The molecule has 1 aliphatic rings. The van der Waals surface area contributed by atoms with Crippen molar-refractivity contribution in [3.8, 4) is 11.5 Å². The van der Waals surface area contributed by atoms with Crippen LogP contribution in [0.5, 0.6) is 11.5 Å². The molecule has 1 aliphatic heterocycles. The number of ether oxygens (including phenoxy) is 2. The largest absolute Gasteiger partial charge is 0.493 e. The van der Waals surface area contributed by atoms with Crippen LogP contribution in [-0.2, 0) is 9.84 Å². The molecule has 3 aromatic carbocycles. The predicted octanol–water partition coefficient (Wildman–Crippen LogP) is 3.63. The normalized spacial score (nSPS) is 14.5. The predicted molar refractivity (Wildman–Crippen MR) is 121 cm³/mol. The lowest BCUT2D eigenvalue weighted by Crippen LogP contribution is -2.36. The molecule has 0 aromatic heterocycles. The van der Waals surface area contributed by atoms with Crippen molar-refractivity contribution in [3.05, 3.63) is 71.3 Å². The number of carbonyl (C=O) groups is 2. The van der Waals surface area contributed by atoms with Crippen molar-refractivity contribution in [1.29, 1.82) is 0 Å². The number of hydrogen-bond donors (Lipinski definition) is 0. The molecule has 0 saturated heterocycles. The number of carbonyl (C=O) groups excluding carboxylic acids is 2. The van der Waals surface area contributed by atoms with Gasteiger partial charge in [-0.3, -0.25) is 14.5 Å². The Labute approximate surface area is 186 Å². The van der Waals surface area contributed by atoms with Crippen molar-refractivity contribution in [2.45, 2.75) is 12.2 Å². The SMILES string of the molecule is CCOc1cc(C(CN2C(=O)c3ccc4ccccc4c3C2=O)S(C)(=O)=O)ccc1OC. The molecule has 0 saturated carbocycles. The lowest BCUT2D eigenvalue weighted by Gasteiger charge is -2.22. The Morgan fingerprint density at radius 3 is 2.41 bits per heavy atom. The summed E-state index contributed by atoms with van der Waals surface area (Å²) in [4.78, 5) is 27.4. The average molecular weight is 454 g/mol. The number of sulfone groups is 1. The van der Waals surface area contributed by atoms with Gasteiger partial charge in [0.2, 0.25) is 0 Å². The first-order valence-corrected chi connectivity index (χ1v) is 12.1. The maximum absolute atomic E-state index is 13.3. The molecule has 32 heavy (non-hydrogen) atoms. The van der Waals surface area contributed by atoms with Crippen molar-refractivity contribution in [1.82, 2.24) is 4.90 Å². The van der Waals surface area contributed by atoms with Gasteiger partial charge >= 0.3 is 0 Å². The lowest BCUT2D eigenvalue weighted by molar-refractivity contribution is 0.0655. The molecule has 0 spiro atoms. The van der Waals surface area contributed by atoms with Gasteiger partial charge in [0.25, 0.3) is 11.8 Å². The van der Waals surface area contributed by atoms with E-state index in [-0.39, 0.29) is 12.1 Å². The second-order valence-electron chi connectivity index (χ2n) is 7.59. The highest BCUT2D eigenvalue weighted by molar-refractivity contribution is 7.91. The molecule has 8 heteroatoms. The van der Waals surface area contributed by atoms with Crippen molar-refractivity contribution in [3.63, 3.8) is 0 Å². The molecule has 1 unspecified atom stereocenters. The van der Waals surface area contributed by atoms with Crippen molar-refractivity contribution in [2.75, 3.05) is 26.5 Å². The van der Waals surface area contributed by atoms with E-state index in [9.17, 15) is 18.0 Å². The number of imide groups is 1. The first kappa shape index (κ1) is 21.8. The fraction of sp³-hybridized carbons (Fsp3) is 0.250. The Hall–Kier alpha value is -3.39. The first-order valence-electron chi connectivity index (χ1n) is 10.1. The number of nitrogens with zero attached hydrogens (tertiary/aromatic N) is 1. The molecule has 1 heterocycles. The third-order valence-electron chi connectivity index (χ3n) is 5.59. The summed E-state index contributed by atoms with van der Waals surface area (Å²) in [5, 5.41) is 0.399. The van der Waals surface area contributed by atoms with Crippen LogP contribution in [0.15, 0.2) is 54.6 Å². The zero-order valence-electron chi connectivity index (χ0n) is 18.0. The topological polar surface area (TPSA) is 90.0 Å². The van der Waals surface area contributed by atoms with E-state index in [1.54, 1.807) is 42.5 Å². The van der Waals surface area contributed by atoms with Crippen LogP contribution in [0.25, 0.3) is 10.8 Å². The van der Waals surface area contributed by atoms with Crippen molar-refractivity contribution < 1.29 is 27.5 Å². The second-order valence-corrected chi connectivity index (χ2v) is 9.82. The standard InChI is InChI=1S/C24H23NO6S/c1-4-31-20-13-16(10-12-19(20)30-2)21(32(3,28)29)14-25-23(26)18-11-9-15-7-5-6-8-17(15)22(18)24(25)27/h5-13,21H,4,14H2,1-3H3. The van der Waals surface area contributed by atoms with E-state index in [1.165, 1.54) is 7.11 Å². The van der Waals surface area contributed by atoms with Gasteiger partial charge in [0.15, 0.2) is 21.3 Å². The zero-order valence-corrected chi connectivity index (χ0v) is 18.8. The molecule has 0 radical (unpaired) electrons. The zero-order chi connectivity index (χ0) is 23.0. The third kappa shape index (κ3) is 3.71. The van der Waals surface area contributed by atoms with E-state index in [0.717, 1.165) is 16.5 Å². The van der Waals surface area contributed by atoms with Gasteiger partial charge in [0.1, 0.15) is 5.25 Å². The van der Waals surface area contributed by atoms with E-state index in [2.05, 4.69) is 0 Å². The summed E-state index contributed by atoms with van der Waals surface area (Å²) in [5.41, 5.74) is 1.01. The summed E-state index contributed by atoms with van der Waals surface area (Å²) < 4.78 is 36.3. The molecule has 7 nitrogen and oxygen atoms in total. The quantitative estimate of drug-likeness (QED) is 0.508. The number of amides is 2. The smallest absolute Gasteiger partial charge is 0.262 e. The van der Waals surface area contributed by atoms with Crippen LogP contribution < -0.4 is 9.47 Å². The van der Waals surface area contributed by atoms with Crippen LogP contribution in [0.3, 0.4) is 0 Å². The van der Waals surface area contributed by atoms with Crippen molar-refractivity contribution >= 4 is 32.4 Å². The number of methoxy groups -OCH3 is 1. The number of hydrogen-bond acceptors (Lipinski definition) is 6. The van der Waals surface area contributed by atoms with E-state index < -0.39 is 26.9 Å². The molecule has 0 bridgehead atoms. The Morgan fingerprint density at radius 2 is 1.72 bits per heavy atom. The molecule has 2 amide bonds. The molecular weight excluding hydrogens is 430 g/mol. The summed E-state index contributed by atoms with van der Waals surface area (Å²) in [6.45, 7) is 1.88. The van der Waals surface area contributed by atoms with Gasteiger partial charge in [0, 0.05) is 6.26 Å². The van der Waals surface area contributed by atoms with E-state index >= 15 is 0 Å². The number of benzene rings is 3. The molecule has 4 rings (SSSR count). The van der Waals surface area contributed by atoms with Gasteiger partial charge in [-0.1, -0.05) is 36.4 Å². The van der Waals surface area contributed by atoms with Crippen molar-refractivity contribution in [2.24, 2.45) is 0 Å². The Kier molecular flexibility index (Phi) is 5.64. The fourth-order valence-corrected chi connectivity index (χ4v) is 5.10. The average Bonchev–Trinajstić information content (AvgIpc) is 3.01. The monoisotopic (exact) mass is 453 g/mol. The molecule has 0 N–H and O–H groups in total. The molecular formula is C24H23NO6S. The minimum absolute atomic E-state index is 0.283. The number of rotatable bonds is 7. The van der Waals surface area contributed by atoms with Gasteiger partial charge in [-0.15, -0.1) is 0 Å². The summed E-state index contributed by atoms with van der Waals surface area (Å²) in [5.74, 6) is -0.124. The summed E-state index contributed by atoms with van der Waals surface area (Å²) in [6.07, 6.45) is 1.09. The Bertz CT molecular complexity index is 1330. The van der Waals surface area contributed by atoms with E-state index in [0.29, 0.717) is 34.6 Å². The van der Waals surface area contributed by atoms with E-state index in [4.69, 9.17) is 9.47 Å². The molecule has 166 valence electrons. The van der Waals surface area contributed by atoms with Crippen LogP contribution in [0.2, 0.25) is 0 Å². The van der Waals surface area contributed by atoms with Gasteiger partial charge in [-0.25, -0.2) is 8.42 Å². The second kappa shape index (κ2) is 8.27. The van der Waals surface area contributed by atoms with Gasteiger partial charge in [0.05, 0.1) is 31.4 Å². The summed E-state index contributed by atoms with van der Waals surface area (Å²) in [6, 6.07) is 15.5. The maximum atomic E-state index is 13.3. The van der Waals surface area contributed by atoms with Gasteiger partial charge < -0.3 is 9.47 Å². The van der Waals surface area contributed by atoms with Crippen LogP contribution in [-0.4, -0.2) is 51.6 Å². The Morgan fingerprint density at radius 1 is 0.969 bits per heavy atom. The molecule has 3 aromatic rings. The van der Waals surface area contributed by atoms with Gasteiger partial charge in [-0.2, -0.15) is 0 Å². The Balaban J connectivity index is 1.75. The highest BCUT2D eigenvalue weighted by Gasteiger charge is 2.40. The van der Waals surface area contributed by atoms with Crippen LogP contribution in [0.4, 0.5) is 0 Å². The molecule has 0 fully saturated rings. The van der Waals surface area contributed by atoms with E-state index in [1.807, 2.05) is 19.1 Å². The van der Waals surface area contributed by atoms with Gasteiger partial charge in [-0.05, 0) is 41.5 Å². The summed E-state index contributed by atoms with van der Waals surface area (Å²) >= 11 is 0. The van der Waals surface area contributed by atoms with Crippen LogP contribution in [0.1, 0.15) is 38.5 Å². The number of fused-ring (bicyclic) bond motifs is 3. The minimum Gasteiger partial charge on any atom is -0.493 e. The fourth-order valence-electron chi connectivity index (χ4n) is 4.03. The summed E-state index contributed by atoms with van der Waals surface area (Å²) in [7, 11) is -2.18. The third-order valence-corrected chi connectivity index (χ3v) is 7.04. The lowest BCUT2D eigenvalue weighted by atomic mass is 10.0. The maximum Gasteiger partial charge on any atom is 0.262 e. The highest BCUT2D eigenvalue weighted by atomic mass is 32.2. The first-order chi connectivity index (χ1) is 15.3.